The molecule has 4 nitrogen and oxygen atoms in total. The van der Waals surface area contributed by atoms with Crippen molar-refractivity contribution in [3.8, 4) is 17.1 Å². The van der Waals surface area contributed by atoms with Crippen LogP contribution in [0.1, 0.15) is 106 Å². The minimum absolute atomic E-state index is 0.363. The summed E-state index contributed by atoms with van der Waals surface area (Å²) in [5, 5.41) is 0. The van der Waals surface area contributed by atoms with E-state index in [1.54, 1.807) is 12.1 Å². The SMILES string of the molecule is CCCCCCCCc1cnc(-c2ccc(OC(=O)c3ccc(CCCCCCC)c(Br)c3)cc2)nc1. The van der Waals surface area contributed by atoms with Crippen LogP contribution in [0.25, 0.3) is 11.4 Å². The molecule has 3 rings (SSSR count). The second-order valence-electron chi connectivity index (χ2n) is 9.82. The molecule has 198 valence electrons. The quantitative estimate of drug-likeness (QED) is 0.0986. The fourth-order valence-corrected chi connectivity index (χ4v) is 4.95. The summed E-state index contributed by atoms with van der Waals surface area (Å²) in [4.78, 5) is 21.8. The molecule has 0 fully saturated rings. The van der Waals surface area contributed by atoms with E-state index in [1.165, 1.54) is 81.8 Å². The normalized spacial score (nSPS) is 11.0. The lowest BCUT2D eigenvalue weighted by molar-refractivity contribution is 0.0734. The van der Waals surface area contributed by atoms with E-state index >= 15 is 0 Å². The Morgan fingerprint density at radius 1 is 0.757 bits per heavy atom. The summed E-state index contributed by atoms with van der Waals surface area (Å²) in [7, 11) is 0. The molecule has 0 spiro atoms. The van der Waals surface area contributed by atoms with E-state index in [2.05, 4.69) is 39.7 Å². The van der Waals surface area contributed by atoms with E-state index in [1.807, 2.05) is 42.7 Å². The summed E-state index contributed by atoms with van der Waals surface area (Å²) >= 11 is 3.63. The van der Waals surface area contributed by atoms with E-state index in [0.717, 1.165) is 22.9 Å². The first-order valence-electron chi connectivity index (χ1n) is 14.0. The largest absolute Gasteiger partial charge is 0.423 e. The van der Waals surface area contributed by atoms with Gasteiger partial charge in [-0.1, -0.05) is 93.6 Å². The highest BCUT2D eigenvalue weighted by Crippen LogP contribution is 2.24. The number of rotatable bonds is 16. The fraction of sp³-hybridized carbons (Fsp3) is 0.469. The maximum absolute atomic E-state index is 12.7. The van der Waals surface area contributed by atoms with Crippen LogP contribution in [0.5, 0.6) is 5.75 Å². The molecule has 5 heteroatoms. The maximum atomic E-state index is 12.7. The number of benzene rings is 2. The van der Waals surface area contributed by atoms with Crippen LogP contribution in [0, 0.1) is 0 Å². The number of halogens is 1. The molecule has 37 heavy (non-hydrogen) atoms. The fourth-order valence-electron chi connectivity index (χ4n) is 4.38. The van der Waals surface area contributed by atoms with E-state index < -0.39 is 0 Å². The standard InChI is InChI=1S/C32H41BrN2O2/c1-3-5-7-9-11-12-14-25-23-34-31(35-24-25)27-18-20-29(21-19-27)37-32(36)28-17-16-26(30(33)22-28)15-13-10-8-6-4-2/h16-24H,3-15H2,1-2H3. The Balaban J connectivity index is 1.48. The smallest absolute Gasteiger partial charge is 0.343 e. The summed E-state index contributed by atoms with van der Waals surface area (Å²) in [6, 6.07) is 13.1. The summed E-state index contributed by atoms with van der Waals surface area (Å²) in [6.07, 6.45) is 19.9. The van der Waals surface area contributed by atoms with Gasteiger partial charge in [0.1, 0.15) is 5.75 Å². The molecule has 0 aliphatic heterocycles. The number of hydrogen-bond donors (Lipinski definition) is 0. The number of esters is 1. The lowest BCUT2D eigenvalue weighted by Crippen LogP contribution is -2.08. The first kappa shape index (κ1) is 29.0. The molecule has 1 heterocycles. The maximum Gasteiger partial charge on any atom is 0.343 e. The van der Waals surface area contributed by atoms with Gasteiger partial charge in [-0.2, -0.15) is 0 Å². The second kappa shape index (κ2) is 16.3. The lowest BCUT2D eigenvalue weighted by atomic mass is 10.0. The summed E-state index contributed by atoms with van der Waals surface area (Å²) in [6.45, 7) is 4.47. The zero-order chi connectivity index (χ0) is 26.3. The summed E-state index contributed by atoms with van der Waals surface area (Å²) in [5.74, 6) is 0.821. The van der Waals surface area contributed by atoms with E-state index in [9.17, 15) is 4.79 Å². The van der Waals surface area contributed by atoms with Gasteiger partial charge in [-0.25, -0.2) is 14.8 Å². The number of ether oxygens (including phenoxy) is 1. The zero-order valence-electron chi connectivity index (χ0n) is 22.5. The Hall–Kier alpha value is -2.53. The molecule has 1 aromatic heterocycles. The van der Waals surface area contributed by atoms with Gasteiger partial charge in [-0.3, -0.25) is 0 Å². The van der Waals surface area contributed by atoms with Crippen LogP contribution < -0.4 is 4.74 Å². The van der Waals surface area contributed by atoms with Gasteiger partial charge in [0.05, 0.1) is 5.56 Å². The topological polar surface area (TPSA) is 52.1 Å². The van der Waals surface area contributed by atoms with Crippen molar-refractivity contribution in [3.63, 3.8) is 0 Å². The first-order chi connectivity index (χ1) is 18.1. The number of nitrogens with zero attached hydrogens (tertiary/aromatic N) is 2. The van der Waals surface area contributed by atoms with Crippen LogP contribution in [0.4, 0.5) is 0 Å². The molecule has 0 amide bonds. The van der Waals surface area contributed by atoms with Crippen molar-refractivity contribution in [1.82, 2.24) is 9.97 Å². The van der Waals surface area contributed by atoms with E-state index in [4.69, 9.17) is 4.74 Å². The van der Waals surface area contributed by atoms with Gasteiger partial charge in [0, 0.05) is 22.4 Å². The molecule has 0 atom stereocenters. The predicted octanol–water partition coefficient (Wildman–Crippen LogP) is 9.54. The van der Waals surface area contributed by atoms with Crippen LogP contribution in [0.2, 0.25) is 0 Å². The number of carbonyl (C=O) groups is 1. The molecule has 0 unspecified atom stereocenters. The molecular weight excluding hydrogens is 524 g/mol. The number of aromatic nitrogens is 2. The van der Waals surface area contributed by atoms with Crippen molar-refractivity contribution in [2.75, 3.05) is 0 Å². The van der Waals surface area contributed by atoms with Gasteiger partial charge >= 0.3 is 5.97 Å². The molecule has 2 aromatic carbocycles. The van der Waals surface area contributed by atoms with Gasteiger partial charge in [-0.05, 0) is 73.2 Å². The Morgan fingerprint density at radius 2 is 1.35 bits per heavy atom. The molecule has 0 saturated heterocycles. The van der Waals surface area contributed by atoms with E-state index in [-0.39, 0.29) is 5.97 Å². The Morgan fingerprint density at radius 3 is 1.97 bits per heavy atom. The number of unbranched alkanes of at least 4 members (excludes halogenated alkanes) is 9. The van der Waals surface area contributed by atoms with Gasteiger partial charge in [0.25, 0.3) is 0 Å². The third kappa shape index (κ3) is 10.0. The molecule has 0 bridgehead atoms. The minimum atomic E-state index is -0.363. The molecule has 3 aromatic rings. The lowest BCUT2D eigenvalue weighted by Gasteiger charge is -2.09. The summed E-state index contributed by atoms with van der Waals surface area (Å²) in [5.41, 5.74) is 3.85. The first-order valence-corrected chi connectivity index (χ1v) is 14.8. The van der Waals surface area contributed by atoms with Crippen LogP contribution in [0.3, 0.4) is 0 Å². The van der Waals surface area contributed by atoms with Crippen LogP contribution in [-0.4, -0.2) is 15.9 Å². The Kier molecular flexibility index (Phi) is 12.8. The van der Waals surface area contributed by atoms with Crippen molar-refractivity contribution in [3.05, 3.63) is 76.0 Å². The van der Waals surface area contributed by atoms with Crippen LogP contribution >= 0.6 is 15.9 Å². The van der Waals surface area contributed by atoms with E-state index in [0.29, 0.717) is 17.1 Å². The molecule has 0 aliphatic rings. The minimum Gasteiger partial charge on any atom is -0.423 e. The average molecular weight is 566 g/mol. The number of aryl methyl sites for hydroxylation is 2. The Bertz CT molecular complexity index is 1080. The number of hydrogen-bond acceptors (Lipinski definition) is 4. The van der Waals surface area contributed by atoms with Crippen molar-refractivity contribution < 1.29 is 9.53 Å². The molecule has 0 radical (unpaired) electrons. The van der Waals surface area contributed by atoms with Gasteiger partial charge in [0.15, 0.2) is 5.82 Å². The molecule has 0 aliphatic carbocycles. The molecule has 0 N–H and O–H groups in total. The number of carbonyl (C=O) groups excluding carboxylic acids is 1. The van der Waals surface area contributed by atoms with Crippen molar-refractivity contribution in [1.29, 1.82) is 0 Å². The highest BCUT2D eigenvalue weighted by Gasteiger charge is 2.12. The second-order valence-corrected chi connectivity index (χ2v) is 10.7. The monoisotopic (exact) mass is 564 g/mol. The van der Waals surface area contributed by atoms with Crippen LogP contribution in [-0.2, 0) is 12.8 Å². The van der Waals surface area contributed by atoms with Gasteiger partial charge in [0.2, 0.25) is 0 Å². The third-order valence-electron chi connectivity index (χ3n) is 6.69. The third-order valence-corrected chi connectivity index (χ3v) is 7.42. The Labute approximate surface area is 231 Å². The van der Waals surface area contributed by atoms with Crippen LogP contribution in [0.15, 0.2) is 59.3 Å². The van der Waals surface area contributed by atoms with Crippen molar-refractivity contribution in [2.24, 2.45) is 0 Å². The van der Waals surface area contributed by atoms with Gasteiger partial charge in [-0.15, -0.1) is 0 Å². The molecular formula is C32H41BrN2O2. The highest BCUT2D eigenvalue weighted by atomic mass is 79.9. The molecule has 0 saturated carbocycles. The summed E-state index contributed by atoms with van der Waals surface area (Å²) < 4.78 is 6.57. The van der Waals surface area contributed by atoms with Crippen molar-refractivity contribution >= 4 is 21.9 Å². The van der Waals surface area contributed by atoms with Gasteiger partial charge < -0.3 is 4.74 Å². The highest BCUT2D eigenvalue weighted by molar-refractivity contribution is 9.10. The predicted molar refractivity (Wildman–Crippen MR) is 156 cm³/mol. The average Bonchev–Trinajstić information content (AvgIpc) is 2.92. The van der Waals surface area contributed by atoms with Crippen molar-refractivity contribution in [2.45, 2.75) is 97.3 Å². The zero-order valence-corrected chi connectivity index (χ0v) is 24.1.